The molecule has 15 heteroatoms. The molecule has 1 saturated heterocycles. The molecule has 2 heterocycles. The fourth-order valence-corrected chi connectivity index (χ4v) is 7.01. The average Bonchev–Trinajstić information content (AvgIpc) is 3.38. The van der Waals surface area contributed by atoms with Gasteiger partial charge in [-0.25, -0.2) is 18.0 Å². The largest absolute Gasteiger partial charge is 0.446 e. The highest BCUT2D eigenvalue weighted by Crippen LogP contribution is 2.53. The number of fused-ring (bicyclic) bond motifs is 2. The summed E-state index contributed by atoms with van der Waals surface area (Å²) in [7, 11) is -3.17. The highest BCUT2D eigenvalue weighted by Gasteiger charge is 2.68. The van der Waals surface area contributed by atoms with Crippen molar-refractivity contribution in [1.82, 2.24) is 9.21 Å². The zero-order chi connectivity index (χ0) is 28.8. The summed E-state index contributed by atoms with van der Waals surface area (Å²) in [6.07, 6.45) is -1.20. The van der Waals surface area contributed by atoms with E-state index < -0.39 is 66.8 Å². The van der Waals surface area contributed by atoms with Gasteiger partial charge in [0.1, 0.15) is 30.8 Å². The lowest BCUT2D eigenvalue weighted by Crippen LogP contribution is -2.63. The van der Waals surface area contributed by atoms with Crippen LogP contribution in [0.5, 0.6) is 0 Å². The van der Waals surface area contributed by atoms with Crippen molar-refractivity contribution >= 4 is 34.2 Å². The number of imide groups is 1. The zero-order valence-electron chi connectivity index (χ0n) is 21.8. The first-order valence-electron chi connectivity index (χ1n) is 12.0. The predicted octanol–water partition coefficient (Wildman–Crippen LogP) is 2.43. The molecule has 0 aromatic heterocycles. The van der Waals surface area contributed by atoms with Gasteiger partial charge in [0.05, 0.1) is 11.0 Å². The summed E-state index contributed by atoms with van der Waals surface area (Å²) in [5, 5.41) is 11.6. The van der Waals surface area contributed by atoms with E-state index in [9.17, 15) is 32.9 Å². The van der Waals surface area contributed by atoms with Gasteiger partial charge in [0.25, 0.3) is 15.7 Å². The van der Waals surface area contributed by atoms with E-state index in [-0.39, 0.29) is 31.9 Å². The van der Waals surface area contributed by atoms with Crippen LogP contribution in [0.15, 0.2) is 40.9 Å². The van der Waals surface area contributed by atoms with Crippen LogP contribution in [0, 0.1) is 22.0 Å². The van der Waals surface area contributed by atoms with Gasteiger partial charge in [0.2, 0.25) is 0 Å². The van der Waals surface area contributed by atoms with E-state index in [0.717, 1.165) is 27.5 Å². The lowest BCUT2D eigenvalue weighted by Gasteiger charge is -2.43. The second kappa shape index (κ2) is 10.2. The van der Waals surface area contributed by atoms with E-state index >= 15 is 0 Å². The molecule has 2 aliphatic heterocycles. The number of para-hydroxylation sites is 1. The number of aldehydes is 1. The minimum atomic E-state index is -4.55. The van der Waals surface area contributed by atoms with Gasteiger partial charge < -0.3 is 18.9 Å². The normalized spacial score (nSPS) is 26.7. The summed E-state index contributed by atoms with van der Waals surface area (Å²) in [5.41, 5.74) is -3.14. The number of rotatable bonds is 7. The number of cyclic esters (lactones) is 1. The maximum atomic E-state index is 13.7. The Morgan fingerprint density at radius 1 is 1.31 bits per heavy atom. The second-order valence-corrected chi connectivity index (χ2v) is 12.3. The molecule has 4 rings (SSSR count). The summed E-state index contributed by atoms with van der Waals surface area (Å²) >= 11 is 0. The molecular formula is C24H29N3O11S. The first-order chi connectivity index (χ1) is 18.3. The minimum absolute atomic E-state index is 0.0554. The summed E-state index contributed by atoms with van der Waals surface area (Å²) < 4.78 is 50.0. The fourth-order valence-electron chi connectivity index (χ4n) is 5.49. The summed E-state index contributed by atoms with van der Waals surface area (Å²) in [5.74, 6) is -1.53. The van der Waals surface area contributed by atoms with Gasteiger partial charge in [-0.1, -0.05) is 12.1 Å². The number of sulfonamides is 1. The molecule has 212 valence electrons. The van der Waals surface area contributed by atoms with Crippen molar-refractivity contribution in [2.75, 3.05) is 27.1 Å². The van der Waals surface area contributed by atoms with Crippen molar-refractivity contribution in [3.05, 3.63) is 46.2 Å². The molecule has 2 amide bonds. The SMILES string of the molecule is COCO[C@H]1C[C@H]2C(C=O)=CN(S(=O)(=O)c3ccccc3[N+](=O)[O-])C[C@H]2[C@]12COC(=O)N2C(=O)OC(C)(C)C. The first kappa shape index (κ1) is 28.4. The van der Waals surface area contributed by atoms with Gasteiger partial charge in [-0.15, -0.1) is 0 Å². The smallest absolute Gasteiger partial charge is 0.420 e. The Kier molecular flexibility index (Phi) is 7.44. The Morgan fingerprint density at radius 2 is 2.00 bits per heavy atom. The standard InChI is InChI=1S/C24H29N3O11S/c1-23(2,3)38-22(30)26-21(29)36-13-24(26)17-11-25(10-15(12-28)16(17)9-20(24)37-14-35-4)39(33,34)19-8-6-5-7-18(19)27(31)32/h5-8,10,12,16-17,20H,9,11,13-14H2,1-4H3/t16-,17+,20-,24+/m0/s1. The molecule has 39 heavy (non-hydrogen) atoms. The lowest BCUT2D eigenvalue weighted by molar-refractivity contribution is -0.387. The molecule has 0 radical (unpaired) electrons. The molecule has 0 unspecified atom stereocenters. The lowest BCUT2D eigenvalue weighted by atomic mass is 9.78. The molecule has 4 atom stereocenters. The number of carbonyl (C=O) groups excluding carboxylic acids is 3. The second-order valence-electron chi connectivity index (χ2n) is 10.4. The van der Waals surface area contributed by atoms with E-state index in [1.807, 2.05) is 0 Å². The molecule has 1 aromatic carbocycles. The molecule has 1 spiro atoms. The Labute approximate surface area is 224 Å². The van der Waals surface area contributed by atoms with Crippen LogP contribution in [0.4, 0.5) is 15.3 Å². The first-order valence-corrected chi connectivity index (χ1v) is 13.4. The van der Waals surface area contributed by atoms with Crippen molar-refractivity contribution in [3.8, 4) is 0 Å². The summed E-state index contributed by atoms with van der Waals surface area (Å²) in [6.45, 7) is 3.94. The van der Waals surface area contributed by atoms with E-state index in [2.05, 4.69) is 0 Å². The van der Waals surface area contributed by atoms with Crippen LogP contribution < -0.4 is 0 Å². The number of hydrogen-bond acceptors (Lipinski definition) is 11. The van der Waals surface area contributed by atoms with Crippen LogP contribution in [0.25, 0.3) is 0 Å². The predicted molar refractivity (Wildman–Crippen MR) is 132 cm³/mol. The number of benzene rings is 1. The van der Waals surface area contributed by atoms with Crippen LogP contribution >= 0.6 is 0 Å². The molecule has 14 nitrogen and oxygen atoms in total. The number of hydrogen-bond donors (Lipinski definition) is 0. The summed E-state index contributed by atoms with van der Waals surface area (Å²) in [4.78, 5) is 49.5. The highest BCUT2D eigenvalue weighted by atomic mass is 32.2. The van der Waals surface area contributed by atoms with Crippen LogP contribution in [-0.4, -0.2) is 85.3 Å². The van der Waals surface area contributed by atoms with Crippen molar-refractivity contribution in [1.29, 1.82) is 0 Å². The fraction of sp³-hybridized carbons (Fsp3) is 0.542. The molecule has 1 saturated carbocycles. The maximum absolute atomic E-state index is 13.7. The third kappa shape index (κ3) is 4.85. The molecule has 3 aliphatic rings. The van der Waals surface area contributed by atoms with Gasteiger partial charge in [-0.2, -0.15) is 4.90 Å². The number of nitrogens with zero attached hydrogens (tertiary/aromatic N) is 3. The van der Waals surface area contributed by atoms with Crippen LogP contribution in [0.3, 0.4) is 0 Å². The molecule has 1 aromatic rings. The molecule has 0 N–H and O–H groups in total. The molecular weight excluding hydrogens is 538 g/mol. The Hall–Kier alpha value is -3.56. The van der Waals surface area contributed by atoms with E-state index in [4.69, 9.17) is 18.9 Å². The monoisotopic (exact) mass is 567 g/mol. The Bertz CT molecular complexity index is 1320. The average molecular weight is 568 g/mol. The Balaban J connectivity index is 1.84. The van der Waals surface area contributed by atoms with Gasteiger partial charge in [0.15, 0.2) is 4.90 Å². The van der Waals surface area contributed by atoms with Crippen molar-refractivity contribution in [2.45, 2.75) is 49.3 Å². The number of ether oxygens (including phenoxy) is 4. The number of nitro benzene ring substituents is 1. The number of allylic oxidation sites excluding steroid dienone is 1. The topological polar surface area (TPSA) is 172 Å². The van der Waals surface area contributed by atoms with Crippen LogP contribution in [0.1, 0.15) is 27.2 Å². The minimum Gasteiger partial charge on any atom is -0.446 e. The molecule has 0 bridgehead atoms. The van der Waals surface area contributed by atoms with Crippen molar-refractivity contribution in [2.24, 2.45) is 11.8 Å². The number of amides is 2. The van der Waals surface area contributed by atoms with E-state index in [1.165, 1.54) is 19.2 Å². The van der Waals surface area contributed by atoms with Gasteiger partial charge in [-0.05, 0) is 39.2 Å². The third-order valence-corrected chi connectivity index (χ3v) is 8.80. The van der Waals surface area contributed by atoms with Gasteiger partial charge >= 0.3 is 12.2 Å². The highest BCUT2D eigenvalue weighted by molar-refractivity contribution is 7.89. The quantitative estimate of drug-likeness (QED) is 0.205. The molecule has 2 fully saturated rings. The van der Waals surface area contributed by atoms with Crippen molar-refractivity contribution < 1.29 is 46.7 Å². The zero-order valence-corrected chi connectivity index (χ0v) is 22.6. The van der Waals surface area contributed by atoms with Crippen LogP contribution in [0.2, 0.25) is 0 Å². The van der Waals surface area contributed by atoms with Crippen LogP contribution in [-0.2, 0) is 33.8 Å². The van der Waals surface area contributed by atoms with Gasteiger partial charge in [-0.3, -0.25) is 19.2 Å². The Morgan fingerprint density at radius 3 is 2.62 bits per heavy atom. The summed E-state index contributed by atoms with van der Waals surface area (Å²) in [6, 6.07) is 4.83. The van der Waals surface area contributed by atoms with Gasteiger partial charge in [0, 0.05) is 37.4 Å². The van der Waals surface area contributed by atoms with E-state index in [1.54, 1.807) is 20.8 Å². The maximum Gasteiger partial charge on any atom is 0.420 e. The molecule has 1 aliphatic carbocycles. The number of nitro groups is 1. The van der Waals surface area contributed by atoms with E-state index in [0.29, 0.717) is 6.29 Å². The van der Waals surface area contributed by atoms with Crippen molar-refractivity contribution in [3.63, 3.8) is 0 Å². The third-order valence-electron chi connectivity index (χ3n) is 7.02. The number of methoxy groups -OCH3 is 1. The number of carbonyl (C=O) groups is 3.